The summed E-state index contributed by atoms with van der Waals surface area (Å²) in [5, 5.41) is 0.937. The van der Waals surface area contributed by atoms with E-state index in [2.05, 4.69) is 28.1 Å². The summed E-state index contributed by atoms with van der Waals surface area (Å²) in [5.74, 6) is 0.998. The van der Waals surface area contributed by atoms with Crippen molar-refractivity contribution < 1.29 is 9.21 Å². The van der Waals surface area contributed by atoms with Gasteiger partial charge in [-0.2, -0.15) is 0 Å². The molecule has 3 aromatic rings. The number of furan rings is 1. The van der Waals surface area contributed by atoms with E-state index in [1.165, 1.54) is 37.7 Å². The van der Waals surface area contributed by atoms with Crippen molar-refractivity contribution in [3.05, 3.63) is 69.9 Å². The number of halogens is 1. The molecule has 1 saturated carbocycles. The highest BCUT2D eigenvalue weighted by Crippen LogP contribution is 2.33. The van der Waals surface area contributed by atoms with Crippen molar-refractivity contribution in [1.82, 2.24) is 0 Å². The van der Waals surface area contributed by atoms with E-state index in [9.17, 15) is 4.79 Å². The second-order valence-corrected chi connectivity index (χ2v) is 7.49. The van der Waals surface area contributed by atoms with Crippen LogP contribution in [0.15, 0.2) is 57.4 Å². The first-order chi connectivity index (χ1) is 11.7. The minimum Gasteiger partial charge on any atom is -0.453 e. The number of carbonyl (C=O) groups excluding carboxylic acids is 1. The number of hydrogen-bond donors (Lipinski definition) is 0. The van der Waals surface area contributed by atoms with Crippen molar-refractivity contribution in [2.45, 2.75) is 38.0 Å². The first kappa shape index (κ1) is 15.6. The van der Waals surface area contributed by atoms with Crippen LogP contribution in [0, 0.1) is 0 Å². The summed E-state index contributed by atoms with van der Waals surface area (Å²) < 4.78 is 6.69. The Hall–Kier alpha value is -1.87. The normalized spacial score (nSPS) is 15.7. The molecule has 0 bridgehead atoms. The van der Waals surface area contributed by atoms with E-state index in [1.807, 2.05) is 36.4 Å². The molecule has 122 valence electrons. The number of rotatable bonds is 3. The highest BCUT2D eigenvalue weighted by molar-refractivity contribution is 9.10. The molecule has 0 spiro atoms. The van der Waals surface area contributed by atoms with Crippen LogP contribution >= 0.6 is 15.9 Å². The lowest BCUT2D eigenvalue weighted by Gasteiger charge is -2.21. The van der Waals surface area contributed by atoms with Crippen LogP contribution < -0.4 is 0 Å². The molecule has 0 saturated heterocycles. The third kappa shape index (κ3) is 3.05. The van der Waals surface area contributed by atoms with Gasteiger partial charge < -0.3 is 4.42 Å². The van der Waals surface area contributed by atoms with Gasteiger partial charge in [-0.05, 0) is 48.6 Å². The Kier molecular flexibility index (Phi) is 4.28. The summed E-state index contributed by atoms with van der Waals surface area (Å²) in [4.78, 5) is 12.7. The monoisotopic (exact) mass is 382 g/mol. The van der Waals surface area contributed by atoms with E-state index in [-0.39, 0.29) is 5.78 Å². The predicted octanol–water partition coefficient (Wildman–Crippen LogP) is 6.47. The van der Waals surface area contributed by atoms with Gasteiger partial charge in [0, 0.05) is 15.4 Å². The zero-order valence-electron chi connectivity index (χ0n) is 13.4. The van der Waals surface area contributed by atoms with Gasteiger partial charge in [0.2, 0.25) is 5.78 Å². The molecule has 1 aromatic heterocycles. The molecular formula is C21H19BrO2. The van der Waals surface area contributed by atoms with Crippen molar-refractivity contribution in [3.63, 3.8) is 0 Å². The molecule has 1 heterocycles. The zero-order valence-corrected chi connectivity index (χ0v) is 15.0. The Morgan fingerprint density at radius 1 is 0.958 bits per heavy atom. The van der Waals surface area contributed by atoms with Gasteiger partial charge >= 0.3 is 0 Å². The molecule has 0 N–H and O–H groups in total. The van der Waals surface area contributed by atoms with Crippen LogP contribution in [-0.2, 0) is 0 Å². The van der Waals surface area contributed by atoms with Crippen molar-refractivity contribution in [3.8, 4) is 0 Å². The average Bonchev–Trinajstić information content (AvgIpc) is 3.05. The van der Waals surface area contributed by atoms with Crippen LogP contribution in [0.4, 0.5) is 0 Å². The van der Waals surface area contributed by atoms with Crippen molar-refractivity contribution >= 4 is 32.7 Å². The summed E-state index contributed by atoms with van der Waals surface area (Å²) in [6.07, 6.45) is 6.53. The first-order valence-electron chi connectivity index (χ1n) is 8.54. The summed E-state index contributed by atoms with van der Waals surface area (Å²) in [5.41, 5.74) is 2.79. The summed E-state index contributed by atoms with van der Waals surface area (Å²) >= 11 is 3.44. The lowest BCUT2D eigenvalue weighted by atomic mass is 9.84. The van der Waals surface area contributed by atoms with E-state index in [0.717, 1.165) is 15.4 Å². The van der Waals surface area contributed by atoms with E-state index in [4.69, 9.17) is 4.42 Å². The van der Waals surface area contributed by atoms with Gasteiger partial charge in [-0.3, -0.25) is 4.79 Å². The van der Waals surface area contributed by atoms with Crippen LogP contribution in [0.25, 0.3) is 11.0 Å². The Balaban J connectivity index is 1.58. The molecule has 0 unspecified atom stereocenters. The minimum absolute atomic E-state index is 0.0579. The first-order valence-corrected chi connectivity index (χ1v) is 9.34. The molecule has 2 aromatic carbocycles. The summed E-state index contributed by atoms with van der Waals surface area (Å²) in [7, 11) is 0. The molecule has 1 aliphatic carbocycles. The minimum atomic E-state index is -0.0579. The molecular weight excluding hydrogens is 364 g/mol. The second-order valence-electron chi connectivity index (χ2n) is 6.58. The second kappa shape index (κ2) is 6.56. The highest BCUT2D eigenvalue weighted by atomic mass is 79.9. The smallest absolute Gasteiger partial charge is 0.228 e. The van der Waals surface area contributed by atoms with Crippen LogP contribution in [0.1, 0.15) is 59.7 Å². The molecule has 0 radical (unpaired) electrons. The number of carbonyl (C=O) groups is 1. The van der Waals surface area contributed by atoms with Gasteiger partial charge in [0.1, 0.15) is 5.58 Å². The number of fused-ring (bicyclic) bond motifs is 1. The molecule has 24 heavy (non-hydrogen) atoms. The highest BCUT2D eigenvalue weighted by Gasteiger charge is 2.18. The zero-order chi connectivity index (χ0) is 16.5. The molecule has 3 heteroatoms. The number of benzene rings is 2. The third-order valence-electron chi connectivity index (χ3n) is 4.95. The van der Waals surface area contributed by atoms with Gasteiger partial charge in [0.25, 0.3) is 0 Å². The van der Waals surface area contributed by atoms with Crippen LogP contribution in [0.5, 0.6) is 0 Å². The SMILES string of the molecule is O=C(c1ccc(C2CCCCC2)cc1)c1cc2cc(Br)ccc2o1. The van der Waals surface area contributed by atoms with Gasteiger partial charge in [-0.15, -0.1) is 0 Å². The maximum Gasteiger partial charge on any atom is 0.228 e. The Morgan fingerprint density at radius 3 is 2.46 bits per heavy atom. The molecule has 4 rings (SSSR count). The molecule has 0 aliphatic heterocycles. The van der Waals surface area contributed by atoms with Crippen molar-refractivity contribution in [2.75, 3.05) is 0 Å². The Morgan fingerprint density at radius 2 is 1.71 bits per heavy atom. The molecule has 0 atom stereocenters. The summed E-state index contributed by atoms with van der Waals surface area (Å²) in [6.45, 7) is 0. The molecule has 0 amide bonds. The maximum atomic E-state index is 12.7. The topological polar surface area (TPSA) is 30.2 Å². The van der Waals surface area contributed by atoms with Gasteiger partial charge in [0.15, 0.2) is 5.76 Å². The van der Waals surface area contributed by atoms with Crippen LogP contribution in [0.2, 0.25) is 0 Å². The van der Waals surface area contributed by atoms with Crippen molar-refractivity contribution in [2.24, 2.45) is 0 Å². The lowest BCUT2D eigenvalue weighted by molar-refractivity contribution is 0.101. The quantitative estimate of drug-likeness (QED) is 0.485. The van der Waals surface area contributed by atoms with Gasteiger partial charge in [0.05, 0.1) is 0 Å². The average molecular weight is 383 g/mol. The van der Waals surface area contributed by atoms with E-state index in [1.54, 1.807) is 0 Å². The standard InChI is InChI=1S/C21H19BrO2/c22-18-10-11-19-17(12-18)13-20(24-19)21(23)16-8-6-15(7-9-16)14-4-2-1-3-5-14/h6-14H,1-5H2. The van der Waals surface area contributed by atoms with E-state index >= 15 is 0 Å². The lowest BCUT2D eigenvalue weighted by Crippen LogP contribution is -2.05. The molecule has 2 nitrogen and oxygen atoms in total. The van der Waals surface area contributed by atoms with E-state index in [0.29, 0.717) is 17.2 Å². The predicted molar refractivity (Wildman–Crippen MR) is 99.6 cm³/mol. The molecule has 1 aliphatic rings. The van der Waals surface area contributed by atoms with Gasteiger partial charge in [-0.25, -0.2) is 0 Å². The Labute approximate surface area is 150 Å². The van der Waals surface area contributed by atoms with Crippen molar-refractivity contribution in [1.29, 1.82) is 0 Å². The van der Waals surface area contributed by atoms with Crippen LogP contribution in [0.3, 0.4) is 0 Å². The maximum absolute atomic E-state index is 12.7. The largest absolute Gasteiger partial charge is 0.453 e. The fourth-order valence-corrected chi connectivity index (χ4v) is 3.99. The molecule has 1 fully saturated rings. The fraction of sp³-hybridized carbons (Fsp3) is 0.286. The van der Waals surface area contributed by atoms with Gasteiger partial charge in [-0.1, -0.05) is 59.5 Å². The number of ketones is 1. The fourth-order valence-electron chi connectivity index (χ4n) is 3.61. The van der Waals surface area contributed by atoms with E-state index < -0.39 is 0 Å². The summed E-state index contributed by atoms with van der Waals surface area (Å²) in [6, 6.07) is 15.7. The van der Waals surface area contributed by atoms with Crippen LogP contribution in [-0.4, -0.2) is 5.78 Å². The third-order valence-corrected chi connectivity index (χ3v) is 5.44. The Bertz CT molecular complexity index is 870. The number of hydrogen-bond acceptors (Lipinski definition) is 2.